The molecule has 7 nitrogen and oxygen atoms in total. The summed E-state index contributed by atoms with van der Waals surface area (Å²) < 4.78 is 13.1. The molecule has 1 N–H and O–H groups in total. The van der Waals surface area contributed by atoms with Gasteiger partial charge in [-0.2, -0.15) is 0 Å². The SMILES string of the molecule is C=CCc1cc(C2C3=C(CCCC3=O)N(CCC(=O)O)C3=C2C(=O)CCC3)cc(OC)c1OCc1ccc(Br)cc1. The minimum Gasteiger partial charge on any atom is -0.493 e. The van der Waals surface area contributed by atoms with Crippen LogP contribution in [-0.2, 0) is 27.4 Å². The average molecular weight is 621 g/mol. The summed E-state index contributed by atoms with van der Waals surface area (Å²) in [5.41, 5.74) is 5.62. The summed E-state index contributed by atoms with van der Waals surface area (Å²) in [6, 6.07) is 11.8. The largest absolute Gasteiger partial charge is 0.493 e. The molecule has 2 aromatic carbocycles. The molecule has 0 bridgehead atoms. The van der Waals surface area contributed by atoms with Crippen LogP contribution in [0.1, 0.15) is 67.6 Å². The number of aliphatic carboxylic acids is 1. The van der Waals surface area contributed by atoms with E-state index in [0.29, 0.717) is 74.2 Å². The van der Waals surface area contributed by atoms with Crippen molar-refractivity contribution >= 4 is 33.5 Å². The fourth-order valence-corrected chi connectivity index (χ4v) is 6.50. The number of carboxylic acids is 1. The van der Waals surface area contributed by atoms with E-state index in [9.17, 15) is 19.5 Å². The molecule has 3 aliphatic rings. The Balaban J connectivity index is 1.63. The van der Waals surface area contributed by atoms with Gasteiger partial charge in [-0.25, -0.2) is 0 Å². The van der Waals surface area contributed by atoms with Crippen LogP contribution in [0.15, 0.2) is 76.1 Å². The van der Waals surface area contributed by atoms with Crippen LogP contribution in [0.25, 0.3) is 0 Å². The van der Waals surface area contributed by atoms with Crippen molar-refractivity contribution in [1.29, 1.82) is 0 Å². The summed E-state index contributed by atoms with van der Waals surface area (Å²) in [5, 5.41) is 9.43. The zero-order valence-corrected chi connectivity index (χ0v) is 24.8. The number of carbonyl (C=O) groups is 3. The van der Waals surface area contributed by atoms with E-state index in [1.807, 2.05) is 41.3 Å². The third-order valence-electron chi connectivity index (χ3n) is 8.00. The van der Waals surface area contributed by atoms with Crippen molar-refractivity contribution in [3.8, 4) is 11.5 Å². The van der Waals surface area contributed by atoms with Crippen molar-refractivity contribution in [1.82, 2.24) is 4.90 Å². The van der Waals surface area contributed by atoms with Crippen molar-refractivity contribution in [3.05, 3.63) is 92.8 Å². The molecule has 0 radical (unpaired) electrons. The van der Waals surface area contributed by atoms with Crippen LogP contribution in [0.2, 0.25) is 0 Å². The fourth-order valence-electron chi connectivity index (χ4n) is 6.24. The van der Waals surface area contributed by atoms with Gasteiger partial charge in [0.1, 0.15) is 6.61 Å². The molecule has 0 saturated carbocycles. The lowest BCUT2D eigenvalue weighted by Gasteiger charge is -2.44. The summed E-state index contributed by atoms with van der Waals surface area (Å²) in [4.78, 5) is 40.6. The highest BCUT2D eigenvalue weighted by molar-refractivity contribution is 9.10. The Morgan fingerprint density at radius 3 is 2.24 bits per heavy atom. The highest BCUT2D eigenvalue weighted by Crippen LogP contribution is 2.50. The second kappa shape index (κ2) is 12.5. The van der Waals surface area contributed by atoms with Crippen molar-refractivity contribution < 1.29 is 29.0 Å². The number of carbonyl (C=O) groups excluding carboxylic acids is 2. The normalized spacial score (nSPS) is 17.4. The van der Waals surface area contributed by atoms with Crippen molar-refractivity contribution in [2.45, 2.75) is 63.9 Å². The molecule has 2 aliphatic carbocycles. The first-order valence-electron chi connectivity index (χ1n) is 14.0. The van der Waals surface area contributed by atoms with Crippen molar-refractivity contribution in [3.63, 3.8) is 0 Å². The molecule has 0 atom stereocenters. The van der Waals surface area contributed by atoms with Crippen LogP contribution >= 0.6 is 15.9 Å². The first kappa shape index (κ1) is 28.9. The molecule has 0 unspecified atom stereocenters. The number of carboxylic acid groups (broad SMARTS) is 1. The van der Waals surface area contributed by atoms with E-state index < -0.39 is 11.9 Å². The topological polar surface area (TPSA) is 93.1 Å². The first-order valence-corrected chi connectivity index (χ1v) is 14.8. The Morgan fingerprint density at radius 1 is 1.05 bits per heavy atom. The molecule has 41 heavy (non-hydrogen) atoms. The minimum absolute atomic E-state index is 0.0151. The third kappa shape index (κ3) is 5.89. The van der Waals surface area contributed by atoms with E-state index >= 15 is 0 Å². The maximum absolute atomic E-state index is 13.6. The summed E-state index contributed by atoms with van der Waals surface area (Å²) >= 11 is 3.46. The van der Waals surface area contributed by atoms with Crippen LogP contribution in [0, 0.1) is 0 Å². The standard InChI is InChI=1S/C33H34BrNO6/c1-3-6-21-17-22(18-28(40-2)33(21)41-19-20-11-13-23(34)14-12-20)30-31-24(7-4-9-26(31)36)35(16-15-29(38)39)25-8-5-10-27(37)32(25)30/h3,11-14,17-18,30H,1,4-10,15-16,19H2,2H3,(H,38,39). The number of rotatable bonds is 10. The molecule has 1 heterocycles. The zero-order chi connectivity index (χ0) is 29.1. The van der Waals surface area contributed by atoms with E-state index in [4.69, 9.17) is 9.47 Å². The van der Waals surface area contributed by atoms with Crippen LogP contribution in [0.3, 0.4) is 0 Å². The zero-order valence-electron chi connectivity index (χ0n) is 23.2. The van der Waals surface area contributed by atoms with Gasteiger partial charge in [0.15, 0.2) is 23.1 Å². The van der Waals surface area contributed by atoms with Gasteiger partial charge in [0.25, 0.3) is 0 Å². The molecule has 0 fully saturated rings. The minimum atomic E-state index is -0.904. The summed E-state index contributed by atoms with van der Waals surface area (Å²) in [5.74, 6) is -0.271. The maximum atomic E-state index is 13.6. The van der Waals surface area contributed by atoms with Gasteiger partial charge in [0.05, 0.1) is 13.5 Å². The second-order valence-electron chi connectivity index (χ2n) is 10.6. The molecule has 8 heteroatoms. The van der Waals surface area contributed by atoms with Gasteiger partial charge >= 0.3 is 5.97 Å². The average Bonchev–Trinajstić information content (AvgIpc) is 2.95. The van der Waals surface area contributed by atoms with Gasteiger partial charge in [-0.3, -0.25) is 14.4 Å². The fraction of sp³-hybridized carbons (Fsp3) is 0.364. The van der Waals surface area contributed by atoms with Gasteiger partial charge in [0.2, 0.25) is 0 Å². The van der Waals surface area contributed by atoms with Crippen LogP contribution in [0.5, 0.6) is 11.5 Å². The summed E-state index contributed by atoms with van der Waals surface area (Å²) in [7, 11) is 1.59. The molecule has 0 amide bonds. The predicted molar refractivity (Wildman–Crippen MR) is 159 cm³/mol. The smallest absolute Gasteiger partial charge is 0.305 e. The Kier molecular flexibility index (Phi) is 8.78. The van der Waals surface area contributed by atoms with Gasteiger partial charge in [0, 0.05) is 57.9 Å². The molecule has 0 spiro atoms. The van der Waals surface area contributed by atoms with Crippen LogP contribution in [-0.4, -0.2) is 41.2 Å². The van der Waals surface area contributed by atoms with Gasteiger partial charge in [-0.05, 0) is 61.4 Å². The van der Waals surface area contributed by atoms with E-state index in [1.165, 1.54) is 0 Å². The number of halogens is 1. The highest BCUT2D eigenvalue weighted by atomic mass is 79.9. The lowest BCUT2D eigenvalue weighted by Crippen LogP contribution is -2.40. The monoisotopic (exact) mass is 619 g/mol. The van der Waals surface area contributed by atoms with E-state index in [1.54, 1.807) is 13.2 Å². The van der Waals surface area contributed by atoms with Crippen LogP contribution in [0.4, 0.5) is 0 Å². The number of hydrogen-bond donors (Lipinski definition) is 1. The number of hydrogen-bond acceptors (Lipinski definition) is 6. The number of nitrogens with zero attached hydrogens (tertiary/aromatic N) is 1. The Hall–Kier alpha value is -3.65. The number of methoxy groups -OCH3 is 1. The maximum Gasteiger partial charge on any atom is 0.305 e. The van der Waals surface area contributed by atoms with E-state index in [-0.39, 0.29) is 24.5 Å². The molecule has 2 aromatic rings. The Morgan fingerprint density at radius 2 is 1.68 bits per heavy atom. The molecular weight excluding hydrogens is 586 g/mol. The van der Waals surface area contributed by atoms with Gasteiger partial charge in [-0.1, -0.05) is 40.2 Å². The Bertz CT molecular complexity index is 1410. The van der Waals surface area contributed by atoms with Gasteiger partial charge in [-0.15, -0.1) is 6.58 Å². The van der Waals surface area contributed by atoms with E-state index in [2.05, 4.69) is 22.5 Å². The van der Waals surface area contributed by atoms with Crippen molar-refractivity contribution in [2.75, 3.05) is 13.7 Å². The van der Waals surface area contributed by atoms with Crippen molar-refractivity contribution in [2.24, 2.45) is 0 Å². The third-order valence-corrected chi connectivity index (χ3v) is 8.53. The molecule has 214 valence electrons. The Labute approximate surface area is 248 Å². The number of ketones is 2. The number of benzene rings is 2. The summed E-state index contributed by atoms with van der Waals surface area (Å²) in [6.07, 6.45) is 5.82. The number of allylic oxidation sites excluding steroid dienone is 5. The lowest BCUT2D eigenvalue weighted by molar-refractivity contribution is -0.137. The molecule has 0 saturated heterocycles. The number of ether oxygens (including phenoxy) is 2. The second-order valence-corrected chi connectivity index (χ2v) is 11.5. The molecule has 1 aliphatic heterocycles. The predicted octanol–water partition coefficient (Wildman–Crippen LogP) is 6.65. The first-order chi connectivity index (χ1) is 19.8. The van der Waals surface area contributed by atoms with Gasteiger partial charge < -0.3 is 19.5 Å². The van der Waals surface area contributed by atoms with E-state index in [0.717, 1.165) is 32.6 Å². The molecule has 0 aromatic heterocycles. The molecular formula is C33H34BrNO6. The summed E-state index contributed by atoms with van der Waals surface area (Å²) in [6.45, 7) is 4.53. The highest BCUT2D eigenvalue weighted by Gasteiger charge is 2.43. The molecule has 5 rings (SSSR count). The van der Waals surface area contributed by atoms with Crippen LogP contribution < -0.4 is 9.47 Å². The quantitative estimate of drug-likeness (QED) is 0.297. The lowest BCUT2D eigenvalue weighted by atomic mass is 9.70. The number of Topliss-reactive ketones (excluding diaryl/α,β-unsaturated/α-hetero) is 2.